The Kier molecular flexibility index (Phi) is 4.41. The molecule has 2 aliphatic heterocycles. The van der Waals surface area contributed by atoms with Crippen LogP contribution in [0.15, 0.2) is 24.3 Å². The summed E-state index contributed by atoms with van der Waals surface area (Å²) in [5, 5.41) is 0.797. The van der Waals surface area contributed by atoms with Crippen LogP contribution in [0.2, 0.25) is 5.02 Å². The Balaban J connectivity index is 1.67. The number of anilines is 1. The number of nitrogens with two attached hydrogens (primary N) is 1. The number of nitrogens with zero attached hydrogens (tertiary/aromatic N) is 2. The van der Waals surface area contributed by atoms with Gasteiger partial charge in [-0.15, -0.1) is 0 Å². The average Bonchev–Trinajstić information content (AvgIpc) is 2.89. The summed E-state index contributed by atoms with van der Waals surface area (Å²) in [6, 6.07) is 8.10. The van der Waals surface area contributed by atoms with Crippen LogP contribution in [-0.4, -0.2) is 55.9 Å². The van der Waals surface area contributed by atoms with Crippen molar-refractivity contribution in [1.82, 2.24) is 4.90 Å². The number of piperazine rings is 1. The molecule has 116 valence electrons. The first-order valence-corrected chi connectivity index (χ1v) is 8.11. The van der Waals surface area contributed by atoms with Crippen LogP contribution < -0.4 is 10.6 Å². The third kappa shape index (κ3) is 2.78. The number of hydrogen-bond acceptors (Lipinski definition) is 4. The maximum absolute atomic E-state index is 6.10. The topological polar surface area (TPSA) is 41.7 Å². The summed E-state index contributed by atoms with van der Waals surface area (Å²) < 4.78 is 5.79. The molecule has 21 heavy (non-hydrogen) atoms. The molecule has 0 spiro atoms. The molecule has 1 aromatic rings. The Labute approximate surface area is 131 Å². The summed E-state index contributed by atoms with van der Waals surface area (Å²) in [6.45, 7) is 7.72. The van der Waals surface area contributed by atoms with Gasteiger partial charge in [0.1, 0.15) is 0 Å². The van der Waals surface area contributed by atoms with E-state index in [9.17, 15) is 0 Å². The molecule has 2 heterocycles. The summed E-state index contributed by atoms with van der Waals surface area (Å²) in [4.78, 5) is 4.93. The molecule has 0 amide bonds. The predicted molar refractivity (Wildman–Crippen MR) is 87.1 cm³/mol. The van der Waals surface area contributed by atoms with Crippen molar-refractivity contribution in [3.8, 4) is 0 Å². The van der Waals surface area contributed by atoms with Crippen molar-refractivity contribution in [3.63, 3.8) is 0 Å². The Morgan fingerprint density at radius 3 is 2.67 bits per heavy atom. The van der Waals surface area contributed by atoms with Crippen LogP contribution in [0, 0.1) is 0 Å². The maximum Gasteiger partial charge on any atom is 0.0743 e. The summed E-state index contributed by atoms with van der Waals surface area (Å²) in [6.07, 6.45) is 1.27. The van der Waals surface area contributed by atoms with E-state index in [0.717, 1.165) is 44.2 Å². The van der Waals surface area contributed by atoms with Gasteiger partial charge in [0.25, 0.3) is 0 Å². The Morgan fingerprint density at radius 2 is 2.10 bits per heavy atom. The molecule has 2 unspecified atom stereocenters. The van der Waals surface area contributed by atoms with E-state index in [2.05, 4.69) is 22.8 Å². The first-order valence-electron chi connectivity index (χ1n) is 7.73. The van der Waals surface area contributed by atoms with Gasteiger partial charge in [-0.25, -0.2) is 0 Å². The zero-order chi connectivity index (χ0) is 14.9. The molecule has 3 rings (SSSR count). The van der Waals surface area contributed by atoms with E-state index in [4.69, 9.17) is 22.1 Å². The molecule has 0 aliphatic carbocycles. The lowest BCUT2D eigenvalue weighted by Crippen LogP contribution is -2.63. The zero-order valence-electron chi connectivity index (χ0n) is 12.6. The number of hydrogen-bond donors (Lipinski definition) is 1. The lowest BCUT2D eigenvalue weighted by Gasteiger charge is -2.47. The van der Waals surface area contributed by atoms with Crippen molar-refractivity contribution in [1.29, 1.82) is 0 Å². The molecular weight excluding hydrogens is 286 g/mol. The molecule has 5 heteroatoms. The minimum Gasteiger partial charge on any atom is -0.376 e. The van der Waals surface area contributed by atoms with Gasteiger partial charge in [0.05, 0.1) is 11.6 Å². The fourth-order valence-corrected chi connectivity index (χ4v) is 3.85. The van der Waals surface area contributed by atoms with Gasteiger partial charge >= 0.3 is 0 Å². The lowest BCUT2D eigenvalue weighted by atomic mass is 9.89. The van der Waals surface area contributed by atoms with Crippen LogP contribution in [0.5, 0.6) is 0 Å². The van der Waals surface area contributed by atoms with Gasteiger partial charge in [-0.1, -0.05) is 17.7 Å². The van der Waals surface area contributed by atoms with Crippen LogP contribution in [0.3, 0.4) is 0 Å². The molecule has 2 atom stereocenters. The zero-order valence-corrected chi connectivity index (χ0v) is 13.4. The highest BCUT2D eigenvalue weighted by atomic mass is 35.5. The van der Waals surface area contributed by atoms with Crippen LogP contribution >= 0.6 is 11.6 Å². The molecule has 0 radical (unpaired) electrons. The second kappa shape index (κ2) is 6.13. The summed E-state index contributed by atoms with van der Waals surface area (Å²) >= 11 is 6.09. The van der Waals surface area contributed by atoms with Gasteiger partial charge in [0.15, 0.2) is 0 Å². The fraction of sp³-hybridized carbons (Fsp3) is 0.625. The van der Waals surface area contributed by atoms with E-state index in [0.29, 0.717) is 6.54 Å². The Bertz CT molecular complexity index is 490. The predicted octanol–water partition coefficient (Wildman–Crippen LogP) is 1.97. The van der Waals surface area contributed by atoms with Crippen molar-refractivity contribution in [2.45, 2.75) is 25.0 Å². The maximum atomic E-state index is 6.10. The molecule has 2 N–H and O–H groups in total. The Morgan fingerprint density at radius 1 is 1.33 bits per heavy atom. The summed E-state index contributed by atoms with van der Waals surface area (Å²) in [5.74, 6) is 0. The van der Waals surface area contributed by atoms with Crippen molar-refractivity contribution in [2.24, 2.45) is 5.73 Å². The molecular formula is C16H24ClN3O. The van der Waals surface area contributed by atoms with E-state index in [1.807, 2.05) is 18.2 Å². The van der Waals surface area contributed by atoms with Crippen molar-refractivity contribution >= 4 is 17.3 Å². The first-order chi connectivity index (χ1) is 10.2. The van der Waals surface area contributed by atoms with Crippen LogP contribution in [0.1, 0.15) is 13.3 Å². The van der Waals surface area contributed by atoms with Gasteiger partial charge < -0.3 is 15.4 Å². The van der Waals surface area contributed by atoms with Crippen LogP contribution in [0.4, 0.5) is 5.69 Å². The molecule has 1 aromatic carbocycles. The van der Waals surface area contributed by atoms with Gasteiger partial charge in [-0.05, 0) is 31.5 Å². The molecule has 2 saturated heterocycles. The quantitative estimate of drug-likeness (QED) is 0.927. The van der Waals surface area contributed by atoms with Gasteiger partial charge in [-0.2, -0.15) is 0 Å². The van der Waals surface area contributed by atoms with E-state index in [1.165, 1.54) is 5.69 Å². The van der Waals surface area contributed by atoms with Crippen LogP contribution in [-0.2, 0) is 4.74 Å². The second-order valence-electron chi connectivity index (χ2n) is 6.02. The normalized spacial score (nSPS) is 30.8. The van der Waals surface area contributed by atoms with Crippen molar-refractivity contribution < 1.29 is 4.74 Å². The number of ether oxygens (including phenoxy) is 1. The monoisotopic (exact) mass is 309 g/mol. The van der Waals surface area contributed by atoms with E-state index in [1.54, 1.807) is 0 Å². The fourth-order valence-electron chi connectivity index (χ4n) is 3.67. The van der Waals surface area contributed by atoms with Gasteiger partial charge in [0.2, 0.25) is 0 Å². The minimum absolute atomic E-state index is 0.0282. The number of rotatable bonds is 3. The lowest BCUT2D eigenvalue weighted by molar-refractivity contribution is 0.0114. The largest absolute Gasteiger partial charge is 0.376 e. The van der Waals surface area contributed by atoms with E-state index < -0.39 is 0 Å². The molecule has 4 nitrogen and oxygen atoms in total. The molecule has 0 aromatic heterocycles. The van der Waals surface area contributed by atoms with E-state index in [-0.39, 0.29) is 11.6 Å². The standard InChI is InChI=1S/C16H24ClN3O/c1-13-16(12-18,5-10-21-13)20-8-6-19(7-9-20)15-4-2-3-14(17)11-15/h2-4,11,13H,5-10,12,18H2,1H3. The smallest absolute Gasteiger partial charge is 0.0743 e. The molecule has 2 aliphatic rings. The minimum atomic E-state index is 0.0282. The number of benzene rings is 1. The Hall–Kier alpha value is -0.810. The highest BCUT2D eigenvalue weighted by Gasteiger charge is 2.45. The molecule has 0 bridgehead atoms. The van der Waals surface area contributed by atoms with E-state index >= 15 is 0 Å². The van der Waals surface area contributed by atoms with Crippen molar-refractivity contribution in [3.05, 3.63) is 29.3 Å². The van der Waals surface area contributed by atoms with Gasteiger partial charge in [0, 0.05) is 50.0 Å². The molecule has 0 saturated carbocycles. The SMILES string of the molecule is CC1OCCC1(CN)N1CCN(c2cccc(Cl)c2)CC1. The molecule has 2 fully saturated rings. The number of halogens is 1. The second-order valence-corrected chi connectivity index (χ2v) is 6.46. The third-order valence-corrected chi connectivity index (χ3v) is 5.33. The van der Waals surface area contributed by atoms with Crippen molar-refractivity contribution in [2.75, 3.05) is 44.2 Å². The first kappa shape index (κ1) is 15.1. The summed E-state index contributed by atoms with van der Waals surface area (Å²) in [7, 11) is 0. The van der Waals surface area contributed by atoms with Crippen LogP contribution in [0.25, 0.3) is 0 Å². The third-order valence-electron chi connectivity index (χ3n) is 5.10. The highest BCUT2D eigenvalue weighted by molar-refractivity contribution is 6.30. The summed E-state index contributed by atoms with van der Waals surface area (Å²) in [5.41, 5.74) is 7.34. The highest BCUT2D eigenvalue weighted by Crippen LogP contribution is 2.33. The van der Waals surface area contributed by atoms with Gasteiger partial charge in [-0.3, -0.25) is 4.90 Å². The average molecular weight is 310 g/mol.